The molecule has 1 aromatic rings. The Morgan fingerprint density at radius 1 is 1.11 bits per heavy atom. The number of sulfonamides is 1. The third kappa shape index (κ3) is 3.65. The predicted molar refractivity (Wildman–Crippen MR) is 78.8 cm³/mol. The Labute approximate surface area is 115 Å². The number of rotatable bonds is 5. The highest BCUT2D eigenvalue weighted by atomic mass is 32.2. The number of aryl methyl sites for hydroxylation is 2. The van der Waals surface area contributed by atoms with Gasteiger partial charge in [0.05, 0.1) is 4.90 Å². The van der Waals surface area contributed by atoms with Crippen LogP contribution < -0.4 is 10.5 Å². The molecule has 0 fully saturated rings. The molecular weight excluding hydrogens is 260 g/mol. The topological polar surface area (TPSA) is 72.2 Å². The van der Waals surface area contributed by atoms with Crippen LogP contribution in [0, 0.1) is 27.7 Å². The summed E-state index contributed by atoms with van der Waals surface area (Å²) in [6, 6.07) is 2.01. The first kappa shape index (κ1) is 15.9. The lowest BCUT2D eigenvalue weighted by Crippen LogP contribution is -2.26. The quantitative estimate of drug-likeness (QED) is 0.808. The van der Waals surface area contributed by atoms with Crippen molar-refractivity contribution in [1.82, 2.24) is 4.72 Å². The molecule has 0 aliphatic heterocycles. The molecule has 0 atom stereocenters. The van der Waals surface area contributed by atoms with E-state index in [9.17, 15) is 8.42 Å². The van der Waals surface area contributed by atoms with Crippen LogP contribution in [-0.4, -0.2) is 21.5 Å². The number of hydrogen-bond donors (Lipinski definition) is 2. The van der Waals surface area contributed by atoms with Crippen molar-refractivity contribution in [3.8, 4) is 0 Å². The molecule has 0 bridgehead atoms. The molecule has 19 heavy (non-hydrogen) atoms. The zero-order chi connectivity index (χ0) is 14.6. The van der Waals surface area contributed by atoms with Gasteiger partial charge in [-0.3, -0.25) is 0 Å². The summed E-state index contributed by atoms with van der Waals surface area (Å²) in [5, 5.41) is 0. The van der Waals surface area contributed by atoms with Crippen molar-refractivity contribution in [3.63, 3.8) is 0 Å². The van der Waals surface area contributed by atoms with Gasteiger partial charge in [0.25, 0.3) is 0 Å². The Balaban J connectivity index is 3.18. The molecule has 0 amide bonds. The second kappa shape index (κ2) is 6.32. The van der Waals surface area contributed by atoms with Crippen LogP contribution in [0.15, 0.2) is 23.1 Å². The van der Waals surface area contributed by atoms with Crippen LogP contribution in [0.5, 0.6) is 0 Å². The standard InChI is InChI=1S/C14H22N2O2S/c1-10-9-11(2)13(4)14(12(10)3)19(17,18)16-8-6-5-7-15/h5-6,9,16H,7-8,15H2,1-4H3/b6-5+. The zero-order valence-corrected chi connectivity index (χ0v) is 12.8. The van der Waals surface area contributed by atoms with Crippen LogP contribution in [-0.2, 0) is 10.0 Å². The van der Waals surface area contributed by atoms with E-state index in [-0.39, 0.29) is 6.54 Å². The van der Waals surface area contributed by atoms with E-state index in [1.165, 1.54) is 0 Å². The molecule has 0 heterocycles. The van der Waals surface area contributed by atoms with Gasteiger partial charge in [-0.05, 0) is 49.9 Å². The van der Waals surface area contributed by atoms with E-state index in [1.807, 2.05) is 33.8 Å². The van der Waals surface area contributed by atoms with Crippen LogP contribution in [0.3, 0.4) is 0 Å². The third-order valence-corrected chi connectivity index (χ3v) is 4.96. The fraction of sp³-hybridized carbons (Fsp3) is 0.429. The van der Waals surface area contributed by atoms with Gasteiger partial charge in [0.15, 0.2) is 0 Å². The van der Waals surface area contributed by atoms with Crippen molar-refractivity contribution in [2.24, 2.45) is 5.73 Å². The van der Waals surface area contributed by atoms with Gasteiger partial charge in [0, 0.05) is 13.1 Å². The van der Waals surface area contributed by atoms with Crippen LogP contribution in [0.4, 0.5) is 0 Å². The molecule has 5 heteroatoms. The van der Waals surface area contributed by atoms with Crippen LogP contribution in [0.25, 0.3) is 0 Å². The van der Waals surface area contributed by atoms with Crippen molar-refractivity contribution < 1.29 is 8.42 Å². The maximum Gasteiger partial charge on any atom is 0.241 e. The molecule has 0 saturated heterocycles. The lowest BCUT2D eigenvalue weighted by atomic mass is 10.0. The highest BCUT2D eigenvalue weighted by Crippen LogP contribution is 2.25. The number of nitrogens with one attached hydrogen (secondary N) is 1. The van der Waals surface area contributed by atoms with Crippen molar-refractivity contribution in [2.45, 2.75) is 32.6 Å². The van der Waals surface area contributed by atoms with Gasteiger partial charge in [-0.25, -0.2) is 13.1 Å². The Morgan fingerprint density at radius 3 is 2.11 bits per heavy atom. The lowest BCUT2D eigenvalue weighted by Gasteiger charge is -2.15. The van der Waals surface area contributed by atoms with Gasteiger partial charge in [0.2, 0.25) is 10.0 Å². The summed E-state index contributed by atoms with van der Waals surface area (Å²) in [5.74, 6) is 0. The van der Waals surface area contributed by atoms with Crippen LogP contribution in [0.1, 0.15) is 22.3 Å². The molecule has 0 unspecified atom stereocenters. The second-order valence-corrected chi connectivity index (χ2v) is 6.35. The summed E-state index contributed by atoms with van der Waals surface area (Å²) >= 11 is 0. The Kier molecular flexibility index (Phi) is 5.29. The number of benzene rings is 1. The number of hydrogen-bond acceptors (Lipinski definition) is 3. The third-order valence-electron chi connectivity index (χ3n) is 3.26. The first-order valence-electron chi connectivity index (χ1n) is 6.23. The van der Waals surface area contributed by atoms with Crippen molar-refractivity contribution >= 4 is 10.0 Å². The van der Waals surface area contributed by atoms with Crippen molar-refractivity contribution in [3.05, 3.63) is 40.5 Å². The summed E-state index contributed by atoms with van der Waals surface area (Å²) in [5.41, 5.74) is 8.90. The van der Waals surface area contributed by atoms with Gasteiger partial charge in [0.1, 0.15) is 0 Å². The van der Waals surface area contributed by atoms with E-state index < -0.39 is 10.0 Å². The molecule has 0 radical (unpaired) electrons. The molecule has 0 aromatic heterocycles. The molecule has 1 aromatic carbocycles. The second-order valence-electron chi connectivity index (χ2n) is 4.65. The molecule has 4 nitrogen and oxygen atoms in total. The SMILES string of the molecule is Cc1cc(C)c(C)c(S(=O)(=O)NC/C=C/CN)c1C. The minimum absolute atomic E-state index is 0.255. The van der Waals surface area contributed by atoms with E-state index in [0.29, 0.717) is 11.4 Å². The average Bonchev–Trinajstić information content (AvgIpc) is 2.32. The fourth-order valence-corrected chi connectivity index (χ4v) is 3.58. The molecule has 106 valence electrons. The highest BCUT2D eigenvalue weighted by Gasteiger charge is 2.21. The normalized spacial score (nSPS) is 12.3. The first-order valence-corrected chi connectivity index (χ1v) is 7.71. The molecule has 0 spiro atoms. The number of nitrogens with two attached hydrogens (primary N) is 1. The summed E-state index contributed by atoms with van der Waals surface area (Å²) in [6.45, 7) is 8.19. The monoisotopic (exact) mass is 282 g/mol. The fourth-order valence-electron chi connectivity index (χ4n) is 1.99. The van der Waals surface area contributed by atoms with Gasteiger partial charge in [-0.15, -0.1) is 0 Å². The Bertz CT molecular complexity index is 564. The van der Waals surface area contributed by atoms with E-state index in [2.05, 4.69) is 4.72 Å². The molecule has 3 N–H and O–H groups in total. The zero-order valence-electron chi connectivity index (χ0n) is 11.9. The highest BCUT2D eigenvalue weighted by molar-refractivity contribution is 7.89. The van der Waals surface area contributed by atoms with Crippen molar-refractivity contribution in [2.75, 3.05) is 13.1 Å². The predicted octanol–water partition coefficient (Wildman–Crippen LogP) is 1.71. The van der Waals surface area contributed by atoms with E-state index >= 15 is 0 Å². The largest absolute Gasteiger partial charge is 0.327 e. The molecule has 0 aliphatic rings. The van der Waals surface area contributed by atoms with Gasteiger partial charge in [-0.1, -0.05) is 18.2 Å². The lowest BCUT2D eigenvalue weighted by molar-refractivity contribution is 0.584. The van der Waals surface area contributed by atoms with Gasteiger partial charge in [-0.2, -0.15) is 0 Å². The summed E-state index contributed by atoms with van der Waals surface area (Å²) in [7, 11) is -3.49. The molecule has 0 saturated carbocycles. The molecular formula is C14H22N2O2S. The summed E-state index contributed by atoms with van der Waals surface area (Å²) in [6.07, 6.45) is 3.44. The maximum atomic E-state index is 12.4. The minimum atomic E-state index is -3.49. The van der Waals surface area contributed by atoms with Gasteiger partial charge >= 0.3 is 0 Å². The molecule has 0 aliphatic carbocycles. The Morgan fingerprint density at radius 2 is 1.63 bits per heavy atom. The first-order chi connectivity index (χ1) is 8.81. The van der Waals surface area contributed by atoms with Crippen LogP contribution >= 0.6 is 0 Å². The molecule has 1 rings (SSSR count). The van der Waals surface area contributed by atoms with E-state index in [0.717, 1.165) is 22.3 Å². The van der Waals surface area contributed by atoms with Crippen LogP contribution in [0.2, 0.25) is 0 Å². The summed E-state index contributed by atoms with van der Waals surface area (Å²) in [4.78, 5) is 0.395. The minimum Gasteiger partial charge on any atom is -0.327 e. The smallest absolute Gasteiger partial charge is 0.241 e. The maximum absolute atomic E-state index is 12.4. The summed E-state index contributed by atoms with van der Waals surface area (Å²) < 4.78 is 27.3. The van der Waals surface area contributed by atoms with Gasteiger partial charge < -0.3 is 5.73 Å². The average molecular weight is 282 g/mol. The van der Waals surface area contributed by atoms with E-state index in [4.69, 9.17) is 5.73 Å². The Hall–Kier alpha value is -1.17. The van der Waals surface area contributed by atoms with Crippen molar-refractivity contribution in [1.29, 1.82) is 0 Å². The van der Waals surface area contributed by atoms with E-state index in [1.54, 1.807) is 12.2 Å².